The van der Waals surface area contributed by atoms with E-state index in [4.69, 9.17) is 0 Å². The second-order valence-corrected chi connectivity index (χ2v) is 9.68. The van der Waals surface area contributed by atoms with Crippen LogP contribution in [0.2, 0.25) is 0 Å². The molecule has 0 atom stereocenters. The van der Waals surface area contributed by atoms with Crippen molar-refractivity contribution >= 4 is 11.8 Å². The molecule has 1 heteroatoms. The van der Waals surface area contributed by atoms with Gasteiger partial charge in [-0.05, 0) is 45.7 Å². The van der Waals surface area contributed by atoms with Crippen molar-refractivity contribution < 1.29 is 0 Å². The molecule has 1 aliphatic heterocycles. The first-order valence-corrected chi connectivity index (χ1v) is 9.39. The monoisotopic (exact) mass is 324 g/mol. The Balaban J connectivity index is 2.17. The number of benzene rings is 2. The number of hydrogen-bond donors (Lipinski definition) is 0. The van der Waals surface area contributed by atoms with Crippen LogP contribution in [0.1, 0.15) is 76.6 Å². The van der Waals surface area contributed by atoms with E-state index >= 15 is 0 Å². The average molecular weight is 325 g/mol. The smallest absolute Gasteiger partial charge is 0.0169 e. The van der Waals surface area contributed by atoms with Gasteiger partial charge >= 0.3 is 0 Å². The molecule has 0 aliphatic carbocycles. The lowest BCUT2D eigenvalue weighted by molar-refractivity contribution is 0.572. The second-order valence-electron chi connectivity index (χ2n) is 8.60. The van der Waals surface area contributed by atoms with E-state index in [0.717, 1.165) is 0 Å². The van der Waals surface area contributed by atoms with E-state index in [1.165, 1.54) is 32.0 Å². The molecule has 0 bridgehead atoms. The third kappa shape index (κ3) is 2.85. The summed E-state index contributed by atoms with van der Waals surface area (Å²) < 4.78 is 0. The van der Waals surface area contributed by atoms with Crippen LogP contribution in [-0.4, -0.2) is 0 Å². The number of hydrogen-bond acceptors (Lipinski definition) is 1. The molecule has 0 amide bonds. The third-order valence-corrected chi connectivity index (χ3v) is 6.23. The minimum atomic E-state index is 0.0576. The Hall–Kier alpha value is -1.21. The van der Waals surface area contributed by atoms with Gasteiger partial charge in [-0.2, -0.15) is 0 Å². The van der Waals surface area contributed by atoms with Gasteiger partial charge in [0.1, 0.15) is 0 Å². The fraction of sp³-hybridized carbons (Fsp3) is 0.455. The van der Waals surface area contributed by atoms with E-state index in [0.29, 0.717) is 5.92 Å². The normalized spacial score (nSPS) is 16.2. The number of fused-ring (bicyclic) bond motifs is 2. The Morgan fingerprint density at radius 3 is 2.00 bits per heavy atom. The van der Waals surface area contributed by atoms with Crippen LogP contribution in [0, 0.1) is 0 Å². The van der Waals surface area contributed by atoms with Gasteiger partial charge in [0, 0.05) is 15.2 Å². The SMILES string of the molecule is CC(C)c1ccc2c(c1)C(C)(C)c1cc(C(C)(C)C)ccc1S2. The van der Waals surface area contributed by atoms with Crippen LogP contribution in [0.5, 0.6) is 0 Å². The Morgan fingerprint density at radius 2 is 1.43 bits per heavy atom. The highest BCUT2D eigenvalue weighted by Crippen LogP contribution is 2.50. The predicted molar refractivity (Wildman–Crippen MR) is 102 cm³/mol. The summed E-state index contributed by atoms with van der Waals surface area (Å²) in [4.78, 5) is 2.82. The molecule has 0 nitrogen and oxygen atoms in total. The van der Waals surface area contributed by atoms with Gasteiger partial charge in [-0.3, -0.25) is 0 Å². The van der Waals surface area contributed by atoms with Crippen molar-refractivity contribution in [2.75, 3.05) is 0 Å². The molecule has 122 valence electrons. The highest BCUT2D eigenvalue weighted by molar-refractivity contribution is 7.99. The maximum Gasteiger partial charge on any atom is 0.0169 e. The number of rotatable bonds is 1. The van der Waals surface area contributed by atoms with E-state index in [1.807, 2.05) is 11.8 Å². The summed E-state index contributed by atoms with van der Waals surface area (Å²) in [6.45, 7) is 16.2. The van der Waals surface area contributed by atoms with E-state index in [9.17, 15) is 0 Å². The quantitative estimate of drug-likeness (QED) is 0.550. The molecular formula is C22H28S. The summed E-state index contributed by atoms with van der Waals surface area (Å²) in [5.74, 6) is 0.573. The summed E-state index contributed by atoms with van der Waals surface area (Å²) in [7, 11) is 0. The fourth-order valence-electron chi connectivity index (χ4n) is 3.32. The molecule has 23 heavy (non-hydrogen) atoms. The topological polar surface area (TPSA) is 0 Å². The van der Waals surface area contributed by atoms with E-state index in [-0.39, 0.29) is 10.8 Å². The summed E-state index contributed by atoms with van der Waals surface area (Å²) in [6.07, 6.45) is 0. The molecule has 0 fully saturated rings. The molecule has 0 radical (unpaired) electrons. The van der Waals surface area contributed by atoms with Gasteiger partial charge < -0.3 is 0 Å². The van der Waals surface area contributed by atoms with Crippen molar-refractivity contribution in [2.24, 2.45) is 0 Å². The first-order valence-electron chi connectivity index (χ1n) is 8.58. The standard InChI is InChI=1S/C22H28S/c1-14(2)15-8-10-19-17(12-15)22(6,7)18-13-16(21(3,4)5)9-11-20(18)23-19/h8-14H,1-7H3. The van der Waals surface area contributed by atoms with Crippen LogP contribution in [-0.2, 0) is 10.8 Å². The fourth-order valence-corrected chi connectivity index (χ4v) is 4.68. The Bertz CT molecular complexity index is 745. The lowest BCUT2D eigenvalue weighted by atomic mass is 9.74. The predicted octanol–water partition coefficient (Wildman–Crippen LogP) is 6.90. The van der Waals surface area contributed by atoms with Gasteiger partial charge in [0.15, 0.2) is 0 Å². The van der Waals surface area contributed by atoms with Crippen LogP contribution in [0.3, 0.4) is 0 Å². The van der Waals surface area contributed by atoms with Gasteiger partial charge in [-0.15, -0.1) is 0 Å². The van der Waals surface area contributed by atoms with Crippen molar-refractivity contribution in [2.45, 2.75) is 75.0 Å². The zero-order valence-corrected chi connectivity index (χ0v) is 16.3. The highest BCUT2D eigenvalue weighted by atomic mass is 32.2. The maximum absolute atomic E-state index is 2.44. The molecule has 0 spiro atoms. The summed E-state index contributed by atoms with van der Waals surface area (Å²) in [6, 6.07) is 14.1. The first kappa shape index (κ1) is 16.6. The molecule has 0 saturated carbocycles. The summed E-state index contributed by atoms with van der Waals surface area (Å²) in [5, 5.41) is 0. The maximum atomic E-state index is 2.44. The molecule has 2 aromatic rings. The van der Waals surface area contributed by atoms with Gasteiger partial charge in [0.25, 0.3) is 0 Å². The Kier molecular flexibility index (Phi) is 3.92. The summed E-state index contributed by atoms with van der Waals surface area (Å²) >= 11 is 1.92. The minimum absolute atomic E-state index is 0.0576. The molecule has 1 aliphatic rings. The lowest BCUT2D eigenvalue weighted by Gasteiger charge is -2.36. The van der Waals surface area contributed by atoms with Crippen molar-refractivity contribution in [1.29, 1.82) is 0 Å². The van der Waals surface area contributed by atoms with Crippen LogP contribution in [0.4, 0.5) is 0 Å². The molecule has 2 aromatic carbocycles. The van der Waals surface area contributed by atoms with Crippen LogP contribution in [0.15, 0.2) is 46.2 Å². The zero-order chi connectivity index (χ0) is 17.0. The molecule has 1 heterocycles. The molecular weight excluding hydrogens is 296 g/mol. The van der Waals surface area contributed by atoms with Crippen LogP contribution >= 0.6 is 11.8 Å². The largest absolute Gasteiger partial charge is 0.0895 e. The van der Waals surface area contributed by atoms with Crippen molar-refractivity contribution in [3.8, 4) is 0 Å². The van der Waals surface area contributed by atoms with Gasteiger partial charge in [0.05, 0.1) is 0 Å². The summed E-state index contributed by atoms with van der Waals surface area (Å²) in [5.41, 5.74) is 6.06. The van der Waals surface area contributed by atoms with Gasteiger partial charge in [-0.1, -0.05) is 84.5 Å². The second kappa shape index (κ2) is 5.41. The Labute approximate surface area is 145 Å². The van der Waals surface area contributed by atoms with Crippen LogP contribution < -0.4 is 0 Å². The molecule has 0 aromatic heterocycles. The molecule has 0 N–H and O–H groups in total. The lowest BCUT2D eigenvalue weighted by Crippen LogP contribution is -2.25. The molecule has 0 unspecified atom stereocenters. The minimum Gasteiger partial charge on any atom is -0.0895 e. The van der Waals surface area contributed by atoms with Crippen molar-refractivity contribution in [3.05, 3.63) is 58.7 Å². The molecule has 3 rings (SSSR count). The van der Waals surface area contributed by atoms with Gasteiger partial charge in [-0.25, -0.2) is 0 Å². The van der Waals surface area contributed by atoms with E-state index < -0.39 is 0 Å². The average Bonchev–Trinajstić information content (AvgIpc) is 2.45. The van der Waals surface area contributed by atoms with E-state index in [2.05, 4.69) is 84.9 Å². The van der Waals surface area contributed by atoms with E-state index in [1.54, 1.807) is 0 Å². The van der Waals surface area contributed by atoms with Crippen LogP contribution in [0.25, 0.3) is 0 Å². The first-order chi connectivity index (χ1) is 10.6. The third-order valence-electron chi connectivity index (χ3n) is 5.08. The van der Waals surface area contributed by atoms with Gasteiger partial charge in [0.2, 0.25) is 0 Å². The van der Waals surface area contributed by atoms with Crippen molar-refractivity contribution in [1.82, 2.24) is 0 Å². The zero-order valence-electron chi connectivity index (χ0n) is 15.4. The molecule has 0 saturated heterocycles. The Morgan fingerprint density at radius 1 is 0.870 bits per heavy atom. The highest BCUT2D eigenvalue weighted by Gasteiger charge is 2.34. The van der Waals surface area contributed by atoms with Crippen molar-refractivity contribution in [3.63, 3.8) is 0 Å².